The highest BCUT2D eigenvalue weighted by atomic mass is 16.5. The summed E-state index contributed by atoms with van der Waals surface area (Å²) < 4.78 is 6.18. The van der Waals surface area contributed by atoms with Gasteiger partial charge in [-0.1, -0.05) is 72.3 Å². The summed E-state index contributed by atoms with van der Waals surface area (Å²) in [7, 11) is 0. The SMILES string of the molecule is CC(C)C1=C2C3CCC4C5(C)CCC(OC(=O)CC(C)(C)C(=O)O)C(C)(C)C5CCC4(C)[C@]3(C)CCC2([C@@H](O)CN(CCN)CC2=CCCC=C2)CC1=O. The summed E-state index contributed by atoms with van der Waals surface area (Å²) >= 11 is 0. The Kier molecular flexibility index (Phi) is 11.2. The third kappa shape index (κ3) is 6.60. The van der Waals surface area contributed by atoms with Gasteiger partial charge in [-0.05, 0) is 129 Å². The highest BCUT2D eigenvalue weighted by Crippen LogP contribution is 2.77. The van der Waals surface area contributed by atoms with Gasteiger partial charge >= 0.3 is 11.9 Å². The molecule has 0 bridgehead atoms. The average molecular weight is 749 g/mol. The molecule has 6 aliphatic rings. The molecule has 0 aliphatic heterocycles. The van der Waals surface area contributed by atoms with Crippen molar-refractivity contribution in [3.05, 3.63) is 34.9 Å². The number of carbonyl (C=O) groups is 3. The van der Waals surface area contributed by atoms with Crippen LogP contribution in [0.1, 0.15) is 139 Å². The van der Waals surface area contributed by atoms with Gasteiger partial charge in [0.15, 0.2) is 5.78 Å². The number of hydrogen-bond donors (Lipinski definition) is 3. The molecule has 6 rings (SSSR count). The van der Waals surface area contributed by atoms with Crippen LogP contribution in [0.4, 0.5) is 0 Å². The van der Waals surface area contributed by atoms with Crippen LogP contribution in [0.3, 0.4) is 0 Å². The number of nitrogens with zero attached hydrogens (tertiary/aromatic N) is 1. The second-order valence-corrected chi connectivity index (χ2v) is 20.9. The maximum atomic E-state index is 14.2. The number of Topliss-reactive ketones (excluding diaryl/α,β-unsaturated/α-hetero) is 1. The van der Waals surface area contributed by atoms with E-state index in [-0.39, 0.29) is 51.8 Å². The van der Waals surface area contributed by atoms with E-state index in [1.165, 1.54) is 11.1 Å². The van der Waals surface area contributed by atoms with Gasteiger partial charge in [-0.25, -0.2) is 0 Å². The highest BCUT2D eigenvalue weighted by molar-refractivity contribution is 6.00. The first-order valence-corrected chi connectivity index (χ1v) is 21.3. The van der Waals surface area contributed by atoms with Crippen molar-refractivity contribution in [1.29, 1.82) is 0 Å². The van der Waals surface area contributed by atoms with Crippen molar-refractivity contribution in [3.63, 3.8) is 0 Å². The third-order valence-corrected chi connectivity index (χ3v) is 16.9. The van der Waals surface area contributed by atoms with Gasteiger partial charge < -0.3 is 20.7 Å². The number of allylic oxidation sites excluding steroid dienone is 3. The molecule has 8 heteroatoms. The fourth-order valence-electron chi connectivity index (χ4n) is 13.8. The van der Waals surface area contributed by atoms with E-state index in [9.17, 15) is 24.6 Å². The van der Waals surface area contributed by atoms with Crippen LogP contribution >= 0.6 is 0 Å². The molecule has 0 saturated heterocycles. The molecule has 7 unspecified atom stereocenters. The zero-order valence-corrected chi connectivity index (χ0v) is 35.1. The molecule has 6 aliphatic carbocycles. The number of esters is 1. The molecule has 8 nitrogen and oxygen atoms in total. The van der Waals surface area contributed by atoms with Crippen LogP contribution in [0, 0.1) is 56.2 Å². The predicted octanol–water partition coefficient (Wildman–Crippen LogP) is 8.28. The molecule has 302 valence electrons. The Balaban J connectivity index is 1.28. The lowest BCUT2D eigenvalue weighted by Crippen LogP contribution is -2.66. The molecule has 0 aromatic rings. The minimum Gasteiger partial charge on any atom is -0.481 e. The molecule has 4 saturated carbocycles. The zero-order chi connectivity index (χ0) is 39.6. The number of nitrogens with two attached hydrogens (primary N) is 1. The lowest BCUT2D eigenvalue weighted by atomic mass is 9.33. The van der Waals surface area contributed by atoms with Gasteiger partial charge in [-0.15, -0.1) is 0 Å². The second kappa shape index (κ2) is 14.6. The van der Waals surface area contributed by atoms with Crippen molar-refractivity contribution in [2.45, 2.75) is 152 Å². The van der Waals surface area contributed by atoms with Crippen LogP contribution in [0.15, 0.2) is 34.9 Å². The van der Waals surface area contributed by atoms with E-state index in [2.05, 4.69) is 71.6 Å². The molecule has 0 aromatic carbocycles. The van der Waals surface area contributed by atoms with Crippen LogP contribution in [0.2, 0.25) is 0 Å². The summed E-state index contributed by atoms with van der Waals surface area (Å²) in [5, 5.41) is 22.1. The largest absolute Gasteiger partial charge is 0.481 e. The van der Waals surface area contributed by atoms with Gasteiger partial charge in [0.2, 0.25) is 0 Å². The van der Waals surface area contributed by atoms with E-state index < -0.39 is 28.9 Å². The van der Waals surface area contributed by atoms with Gasteiger partial charge in [0.05, 0.1) is 17.9 Å². The minimum absolute atomic E-state index is 0.0161. The van der Waals surface area contributed by atoms with Crippen molar-refractivity contribution in [2.24, 2.45) is 61.9 Å². The molecule has 0 aromatic heterocycles. The van der Waals surface area contributed by atoms with Crippen molar-refractivity contribution in [1.82, 2.24) is 4.90 Å². The quantitative estimate of drug-likeness (QED) is 0.170. The standard InChI is InChI=1S/C46H72N2O6/c1-29(2)38-32(49)25-46(35(50)28-48(24-23-47)27-30-13-11-10-12-14-30)22-21-44(8)31(39(38)46)15-16-34-43(7)19-18-36(54-37(51)26-41(3,4)40(52)53)42(5,6)33(43)17-20-45(34,44)9/h11,13-14,29,31,33-36,50H,10,12,15-28,47H2,1-9H3,(H,52,53)/t31?,33?,34?,35-,36?,43?,44+,45?,46?/m0/s1. The minimum atomic E-state index is -1.16. The molecule has 54 heavy (non-hydrogen) atoms. The number of carboxylic acid groups (broad SMARTS) is 1. The van der Waals surface area contributed by atoms with Gasteiger partial charge in [0, 0.05) is 43.4 Å². The summed E-state index contributed by atoms with van der Waals surface area (Å²) in [5.41, 5.74) is 7.87. The van der Waals surface area contributed by atoms with E-state index >= 15 is 0 Å². The molecule has 0 heterocycles. The predicted molar refractivity (Wildman–Crippen MR) is 213 cm³/mol. The van der Waals surface area contributed by atoms with Crippen molar-refractivity contribution in [3.8, 4) is 0 Å². The molecule has 4 fully saturated rings. The maximum absolute atomic E-state index is 14.2. The summed E-state index contributed by atoms with van der Waals surface area (Å²) in [6.07, 6.45) is 16.1. The maximum Gasteiger partial charge on any atom is 0.309 e. The number of fused-ring (bicyclic) bond motifs is 7. The lowest BCUT2D eigenvalue weighted by Gasteiger charge is -2.72. The van der Waals surface area contributed by atoms with Crippen LogP contribution in [0.5, 0.6) is 0 Å². The number of hydrogen-bond acceptors (Lipinski definition) is 7. The molecule has 0 spiro atoms. The first kappa shape index (κ1) is 41.3. The first-order valence-electron chi connectivity index (χ1n) is 21.3. The van der Waals surface area contributed by atoms with Crippen molar-refractivity contribution in [2.75, 3.05) is 26.2 Å². The number of ether oxygens (including phenoxy) is 1. The summed E-state index contributed by atoms with van der Waals surface area (Å²) in [6, 6.07) is 0. The molecule has 0 amide bonds. The van der Waals surface area contributed by atoms with Crippen LogP contribution < -0.4 is 5.73 Å². The van der Waals surface area contributed by atoms with E-state index in [4.69, 9.17) is 10.5 Å². The highest BCUT2D eigenvalue weighted by Gasteiger charge is 2.71. The number of aliphatic hydroxyl groups excluding tert-OH is 1. The van der Waals surface area contributed by atoms with Gasteiger partial charge in [0.25, 0.3) is 0 Å². The monoisotopic (exact) mass is 749 g/mol. The average Bonchev–Trinajstić information content (AvgIpc) is 3.40. The second-order valence-electron chi connectivity index (χ2n) is 20.9. The number of carbonyl (C=O) groups excluding carboxylic acids is 2. The fraction of sp³-hybridized carbons (Fsp3) is 0.804. The first-order chi connectivity index (χ1) is 25.2. The topological polar surface area (TPSA) is 130 Å². The lowest BCUT2D eigenvalue weighted by molar-refractivity contribution is -0.235. The number of carboxylic acids is 1. The van der Waals surface area contributed by atoms with Gasteiger partial charge in [0.1, 0.15) is 6.10 Å². The summed E-state index contributed by atoms with van der Waals surface area (Å²) in [4.78, 5) is 41.4. The fourth-order valence-corrected chi connectivity index (χ4v) is 13.8. The number of rotatable bonds is 12. The van der Waals surface area contributed by atoms with E-state index in [0.717, 1.165) is 76.3 Å². The van der Waals surface area contributed by atoms with E-state index in [0.29, 0.717) is 37.9 Å². The van der Waals surface area contributed by atoms with Gasteiger partial charge in [-0.2, -0.15) is 0 Å². The third-order valence-electron chi connectivity index (χ3n) is 16.9. The Morgan fingerprint density at radius 3 is 2.33 bits per heavy atom. The summed E-state index contributed by atoms with van der Waals surface area (Å²) in [5.74, 6) is 0.0588. The molecule has 0 radical (unpaired) electrons. The molecular formula is C46H72N2O6. The Labute approximate surface area is 325 Å². The van der Waals surface area contributed by atoms with Crippen molar-refractivity contribution >= 4 is 17.7 Å². The Morgan fingerprint density at radius 1 is 0.981 bits per heavy atom. The van der Waals surface area contributed by atoms with Crippen LogP contribution in [-0.4, -0.2) is 71.2 Å². The molecule has 9 atom stereocenters. The number of ketones is 1. The Hall–Kier alpha value is -2.29. The van der Waals surface area contributed by atoms with E-state index in [1.807, 2.05) is 0 Å². The van der Waals surface area contributed by atoms with E-state index in [1.54, 1.807) is 13.8 Å². The molecular weight excluding hydrogens is 677 g/mol. The Morgan fingerprint density at radius 2 is 1.70 bits per heavy atom. The molecule has 4 N–H and O–H groups in total. The van der Waals surface area contributed by atoms with Gasteiger partial charge in [-0.3, -0.25) is 19.3 Å². The smallest absolute Gasteiger partial charge is 0.309 e. The number of aliphatic hydroxyl groups is 1. The number of aliphatic carboxylic acids is 1. The normalized spacial score (nSPS) is 38.0. The zero-order valence-electron chi connectivity index (χ0n) is 35.1. The van der Waals surface area contributed by atoms with Crippen LogP contribution in [0.25, 0.3) is 0 Å². The van der Waals surface area contributed by atoms with Crippen LogP contribution in [-0.2, 0) is 19.1 Å². The van der Waals surface area contributed by atoms with Crippen molar-refractivity contribution < 1.29 is 29.3 Å². The Bertz CT molecular complexity index is 1590. The summed E-state index contributed by atoms with van der Waals surface area (Å²) in [6.45, 7) is 22.2.